The standard InChI is InChI=1S/C27H22N4O5/c1-17-14-19-15-18(6-9-25(19)36-17)26-21-4-2-3-5-22(21)27(32)30(28-26)24-16-20(7-8-23(24)31(33)34)29-10-12-35-13-11-29/h2-9,14-16H,10-13H2,1H3. The van der Waals surface area contributed by atoms with E-state index in [2.05, 4.69) is 4.90 Å². The molecule has 6 rings (SSSR count). The van der Waals surface area contributed by atoms with Gasteiger partial charge >= 0.3 is 0 Å². The second-order valence-corrected chi connectivity index (χ2v) is 8.75. The molecule has 9 nitrogen and oxygen atoms in total. The third-order valence-corrected chi connectivity index (χ3v) is 6.48. The predicted octanol–water partition coefficient (Wildman–Crippen LogP) is 4.85. The minimum absolute atomic E-state index is 0.126. The van der Waals surface area contributed by atoms with Crippen molar-refractivity contribution in [2.24, 2.45) is 0 Å². The van der Waals surface area contributed by atoms with Gasteiger partial charge in [-0.15, -0.1) is 0 Å². The lowest BCUT2D eigenvalue weighted by Crippen LogP contribution is -2.36. The number of nitro groups is 1. The molecule has 1 aliphatic heterocycles. The number of hydrogen-bond acceptors (Lipinski definition) is 7. The van der Waals surface area contributed by atoms with Gasteiger partial charge in [0.15, 0.2) is 0 Å². The summed E-state index contributed by atoms with van der Waals surface area (Å²) in [6, 6.07) is 19.6. The van der Waals surface area contributed by atoms with Crippen LogP contribution >= 0.6 is 0 Å². The summed E-state index contributed by atoms with van der Waals surface area (Å²) >= 11 is 0. The zero-order valence-electron chi connectivity index (χ0n) is 19.5. The molecule has 36 heavy (non-hydrogen) atoms. The van der Waals surface area contributed by atoms with E-state index in [9.17, 15) is 14.9 Å². The van der Waals surface area contributed by atoms with Gasteiger partial charge in [0.1, 0.15) is 17.0 Å². The maximum atomic E-state index is 13.6. The Morgan fingerprint density at radius 2 is 1.75 bits per heavy atom. The summed E-state index contributed by atoms with van der Waals surface area (Å²) in [6.45, 7) is 4.34. The third-order valence-electron chi connectivity index (χ3n) is 6.48. The summed E-state index contributed by atoms with van der Waals surface area (Å²) in [7, 11) is 0. The van der Waals surface area contributed by atoms with E-state index in [1.54, 1.807) is 24.3 Å². The molecule has 0 amide bonds. The summed E-state index contributed by atoms with van der Waals surface area (Å²) in [5.74, 6) is 0.792. The average Bonchev–Trinajstić information content (AvgIpc) is 3.28. The third kappa shape index (κ3) is 3.70. The van der Waals surface area contributed by atoms with Crippen molar-refractivity contribution >= 4 is 33.1 Å². The molecule has 1 aliphatic rings. The molecule has 180 valence electrons. The Kier molecular flexibility index (Phi) is 5.26. The van der Waals surface area contributed by atoms with E-state index in [-0.39, 0.29) is 11.4 Å². The van der Waals surface area contributed by atoms with E-state index in [0.717, 1.165) is 32.7 Å². The van der Waals surface area contributed by atoms with Crippen LogP contribution in [0.3, 0.4) is 0 Å². The molecule has 0 radical (unpaired) electrons. The Bertz CT molecular complexity index is 1700. The minimum atomic E-state index is -0.484. The van der Waals surface area contributed by atoms with Crippen LogP contribution in [0.1, 0.15) is 5.76 Å². The van der Waals surface area contributed by atoms with Crippen molar-refractivity contribution in [2.75, 3.05) is 31.2 Å². The molecule has 1 fully saturated rings. The number of aromatic nitrogens is 2. The zero-order valence-corrected chi connectivity index (χ0v) is 19.5. The largest absolute Gasteiger partial charge is 0.461 e. The number of furan rings is 1. The van der Waals surface area contributed by atoms with Crippen molar-refractivity contribution in [3.05, 3.63) is 93.0 Å². The Morgan fingerprint density at radius 1 is 0.972 bits per heavy atom. The number of morpholine rings is 1. The number of nitro benzene ring substituents is 1. The predicted molar refractivity (Wildman–Crippen MR) is 137 cm³/mol. The van der Waals surface area contributed by atoms with Crippen LogP contribution < -0.4 is 10.5 Å². The number of anilines is 1. The van der Waals surface area contributed by atoms with Crippen molar-refractivity contribution < 1.29 is 14.1 Å². The molecule has 9 heteroatoms. The van der Waals surface area contributed by atoms with Gasteiger partial charge in [0, 0.05) is 41.2 Å². The van der Waals surface area contributed by atoms with Crippen LogP contribution in [-0.4, -0.2) is 41.0 Å². The summed E-state index contributed by atoms with van der Waals surface area (Å²) in [6.07, 6.45) is 0. The molecular formula is C27H22N4O5. The van der Waals surface area contributed by atoms with Crippen LogP contribution in [0.15, 0.2) is 75.9 Å². The Balaban J connectivity index is 1.61. The lowest BCUT2D eigenvalue weighted by molar-refractivity contribution is -0.384. The number of aryl methyl sites for hydroxylation is 1. The molecular weight excluding hydrogens is 460 g/mol. The smallest absolute Gasteiger partial charge is 0.295 e. The molecule has 0 aliphatic carbocycles. The molecule has 0 unspecified atom stereocenters. The fraction of sp³-hybridized carbons (Fsp3) is 0.185. The van der Waals surface area contributed by atoms with E-state index in [1.165, 1.54) is 6.07 Å². The van der Waals surface area contributed by atoms with Crippen LogP contribution in [0.2, 0.25) is 0 Å². The SMILES string of the molecule is Cc1cc2cc(-c3nn(-c4cc(N5CCOCC5)ccc4[N+](=O)[O-])c(=O)c4ccccc34)ccc2o1. The van der Waals surface area contributed by atoms with Gasteiger partial charge in [-0.05, 0) is 49.4 Å². The Morgan fingerprint density at radius 3 is 2.53 bits per heavy atom. The van der Waals surface area contributed by atoms with Crippen molar-refractivity contribution in [3.63, 3.8) is 0 Å². The highest BCUT2D eigenvalue weighted by Crippen LogP contribution is 2.32. The normalized spacial score (nSPS) is 14.0. The van der Waals surface area contributed by atoms with E-state index < -0.39 is 10.5 Å². The molecule has 3 heterocycles. The molecule has 5 aromatic rings. The topological polar surface area (TPSA) is 104 Å². The monoisotopic (exact) mass is 482 g/mol. The average molecular weight is 482 g/mol. The van der Waals surface area contributed by atoms with E-state index in [4.69, 9.17) is 14.3 Å². The lowest BCUT2D eigenvalue weighted by atomic mass is 10.0. The summed E-state index contributed by atoms with van der Waals surface area (Å²) in [5.41, 5.74) is 2.37. The molecule has 0 saturated carbocycles. The van der Waals surface area contributed by atoms with Crippen molar-refractivity contribution in [3.8, 4) is 16.9 Å². The van der Waals surface area contributed by atoms with Crippen LogP contribution in [0.5, 0.6) is 0 Å². The second-order valence-electron chi connectivity index (χ2n) is 8.75. The summed E-state index contributed by atoms with van der Waals surface area (Å²) in [4.78, 5) is 27.2. The maximum Gasteiger partial charge on any atom is 0.295 e. The number of benzene rings is 3. The molecule has 0 bridgehead atoms. The van der Waals surface area contributed by atoms with Gasteiger partial charge in [-0.2, -0.15) is 9.78 Å². The Hall–Kier alpha value is -4.50. The number of nitrogens with zero attached hydrogens (tertiary/aromatic N) is 4. The first kappa shape index (κ1) is 22.0. The van der Waals surface area contributed by atoms with Crippen LogP contribution in [-0.2, 0) is 4.74 Å². The highest BCUT2D eigenvalue weighted by molar-refractivity contribution is 5.96. The first-order valence-corrected chi connectivity index (χ1v) is 11.6. The Labute approximate surface area is 205 Å². The van der Waals surface area contributed by atoms with Gasteiger partial charge in [0.25, 0.3) is 11.2 Å². The molecule has 3 aromatic carbocycles. The van der Waals surface area contributed by atoms with Gasteiger partial charge < -0.3 is 14.1 Å². The number of ether oxygens (including phenoxy) is 1. The first-order valence-electron chi connectivity index (χ1n) is 11.6. The van der Waals surface area contributed by atoms with Crippen LogP contribution in [0.25, 0.3) is 38.7 Å². The first-order chi connectivity index (χ1) is 17.5. The fourth-order valence-corrected chi connectivity index (χ4v) is 4.74. The summed E-state index contributed by atoms with van der Waals surface area (Å²) < 4.78 is 12.3. The van der Waals surface area contributed by atoms with Crippen LogP contribution in [0, 0.1) is 17.0 Å². The van der Waals surface area contributed by atoms with Crippen LogP contribution in [0.4, 0.5) is 11.4 Å². The van der Waals surface area contributed by atoms with Gasteiger partial charge in [-0.25, -0.2) is 0 Å². The van der Waals surface area contributed by atoms with Gasteiger partial charge in [0.2, 0.25) is 0 Å². The quantitative estimate of drug-likeness (QED) is 0.266. The number of hydrogen-bond donors (Lipinski definition) is 0. The second kappa shape index (κ2) is 8.62. The van der Waals surface area contributed by atoms with Crippen molar-refractivity contribution in [2.45, 2.75) is 6.92 Å². The molecule has 0 spiro atoms. The molecule has 2 aromatic heterocycles. The van der Waals surface area contributed by atoms with E-state index >= 15 is 0 Å². The zero-order chi connectivity index (χ0) is 24.8. The number of rotatable bonds is 4. The van der Waals surface area contributed by atoms with Crippen molar-refractivity contribution in [1.29, 1.82) is 0 Å². The highest BCUT2D eigenvalue weighted by atomic mass is 16.6. The van der Waals surface area contributed by atoms with Crippen molar-refractivity contribution in [1.82, 2.24) is 9.78 Å². The van der Waals surface area contributed by atoms with Gasteiger partial charge in [-0.1, -0.05) is 18.2 Å². The highest BCUT2D eigenvalue weighted by Gasteiger charge is 2.23. The summed E-state index contributed by atoms with van der Waals surface area (Å²) in [5, 5.41) is 18.7. The van der Waals surface area contributed by atoms with Gasteiger partial charge in [-0.3, -0.25) is 14.9 Å². The number of fused-ring (bicyclic) bond motifs is 2. The molecule has 1 saturated heterocycles. The maximum absolute atomic E-state index is 13.6. The van der Waals surface area contributed by atoms with E-state index in [0.29, 0.717) is 42.8 Å². The van der Waals surface area contributed by atoms with Gasteiger partial charge in [0.05, 0.1) is 29.2 Å². The molecule has 0 atom stereocenters. The minimum Gasteiger partial charge on any atom is -0.461 e. The van der Waals surface area contributed by atoms with E-state index in [1.807, 2.05) is 43.3 Å². The fourth-order valence-electron chi connectivity index (χ4n) is 4.74. The lowest BCUT2D eigenvalue weighted by Gasteiger charge is -2.29. The molecule has 0 N–H and O–H groups in total.